The largest absolute Gasteiger partial charge is 0.468 e. The van der Waals surface area contributed by atoms with Crippen molar-refractivity contribution in [3.63, 3.8) is 0 Å². The van der Waals surface area contributed by atoms with Gasteiger partial charge >= 0.3 is 17.9 Å². The van der Waals surface area contributed by atoms with Crippen LogP contribution in [0.4, 0.5) is 0 Å². The zero-order chi connectivity index (χ0) is 28.7. The smallest absolute Gasteiger partial charge is 0.330 e. The highest BCUT2D eigenvalue weighted by Crippen LogP contribution is 2.50. The summed E-state index contributed by atoms with van der Waals surface area (Å²) < 4.78 is 16.2. The van der Waals surface area contributed by atoms with E-state index in [1.165, 1.54) is 7.11 Å². The Labute approximate surface area is 238 Å². The van der Waals surface area contributed by atoms with Crippen molar-refractivity contribution in [3.8, 4) is 0 Å². The summed E-state index contributed by atoms with van der Waals surface area (Å²) in [5.41, 5.74) is 3.90. The molecule has 4 rings (SSSR count). The molecule has 8 heteroatoms. The number of rotatable bonds is 8. The number of benzene rings is 3. The Morgan fingerprint density at radius 3 is 1.77 bits per heavy atom. The van der Waals surface area contributed by atoms with Gasteiger partial charge in [0.05, 0.1) is 26.4 Å². The lowest BCUT2D eigenvalue weighted by Crippen LogP contribution is -2.47. The van der Waals surface area contributed by atoms with Crippen LogP contribution in [0.2, 0.25) is 5.02 Å². The predicted molar refractivity (Wildman–Crippen MR) is 151 cm³/mol. The third-order valence-corrected chi connectivity index (χ3v) is 6.95. The Bertz CT molecular complexity index is 1370. The lowest BCUT2D eigenvalue weighted by atomic mass is 9.72. The van der Waals surface area contributed by atoms with Crippen molar-refractivity contribution in [2.75, 3.05) is 20.3 Å². The first-order valence-corrected chi connectivity index (χ1v) is 13.3. The van der Waals surface area contributed by atoms with Crippen molar-refractivity contribution >= 4 is 35.1 Å². The van der Waals surface area contributed by atoms with Gasteiger partial charge < -0.3 is 14.2 Å². The molecule has 0 aromatic heterocycles. The van der Waals surface area contributed by atoms with Crippen molar-refractivity contribution in [1.29, 1.82) is 0 Å². The predicted octanol–water partition coefficient (Wildman–Crippen LogP) is 5.30. The Kier molecular flexibility index (Phi) is 9.22. The lowest BCUT2D eigenvalue weighted by Gasteiger charge is -2.31. The molecular weight excluding hydrogens is 530 g/mol. The van der Waals surface area contributed by atoms with Crippen LogP contribution in [0.25, 0.3) is 5.57 Å². The Hall–Kier alpha value is -4.16. The second-order valence-electron chi connectivity index (χ2n) is 9.00. The van der Waals surface area contributed by atoms with Crippen molar-refractivity contribution in [2.24, 2.45) is 5.41 Å². The number of hydrogen-bond acceptors (Lipinski definition) is 7. The van der Waals surface area contributed by atoms with Gasteiger partial charge in [-0.25, -0.2) is 4.79 Å². The second kappa shape index (κ2) is 12.8. The van der Waals surface area contributed by atoms with E-state index >= 15 is 0 Å². The van der Waals surface area contributed by atoms with Gasteiger partial charge in [-0.2, -0.15) is 0 Å². The van der Waals surface area contributed by atoms with Gasteiger partial charge in [-0.3, -0.25) is 14.9 Å². The molecule has 0 amide bonds. The van der Waals surface area contributed by atoms with E-state index < -0.39 is 35.4 Å². The molecule has 3 aromatic rings. The molecule has 1 aliphatic heterocycles. The van der Waals surface area contributed by atoms with E-state index in [9.17, 15) is 14.4 Å². The molecule has 40 heavy (non-hydrogen) atoms. The number of ether oxygens (including phenoxy) is 3. The maximum Gasteiger partial charge on any atom is 0.330 e. The highest BCUT2D eigenvalue weighted by atomic mass is 35.5. The summed E-state index contributed by atoms with van der Waals surface area (Å²) in [6.45, 7) is 3.29. The van der Waals surface area contributed by atoms with Gasteiger partial charge in [-0.15, -0.1) is 5.73 Å². The van der Waals surface area contributed by atoms with Crippen molar-refractivity contribution in [3.05, 3.63) is 118 Å². The van der Waals surface area contributed by atoms with Gasteiger partial charge in [0.15, 0.2) is 0 Å². The average Bonchev–Trinajstić information content (AvgIpc) is 3.32. The van der Waals surface area contributed by atoms with Crippen LogP contribution in [0, 0.1) is 5.41 Å². The fourth-order valence-corrected chi connectivity index (χ4v) is 5.04. The summed E-state index contributed by atoms with van der Waals surface area (Å²) in [5, 5.41) is 3.64. The zero-order valence-electron chi connectivity index (χ0n) is 22.5. The fourth-order valence-electron chi connectivity index (χ4n) is 4.92. The van der Waals surface area contributed by atoms with E-state index in [-0.39, 0.29) is 18.8 Å². The summed E-state index contributed by atoms with van der Waals surface area (Å²) >= 11 is 6.15. The van der Waals surface area contributed by atoms with E-state index in [4.69, 9.17) is 25.8 Å². The molecule has 3 aromatic carbocycles. The van der Waals surface area contributed by atoms with Crippen LogP contribution in [0.5, 0.6) is 0 Å². The van der Waals surface area contributed by atoms with Gasteiger partial charge in [0.25, 0.3) is 0 Å². The molecule has 0 bridgehead atoms. The first-order valence-electron chi connectivity index (χ1n) is 12.9. The lowest BCUT2D eigenvalue weighted by molar-refractivity contribution is -0.169. The minimum Gasteiger partial charge on any atom is -0.468 e. The van der Waals surface area contributed by atoms with Gasteiger partial charge in [-0.05, 0) is 42.7 Å². The number of halogens is 1. The number of methoxy groups -OCH3 is 1. The molecule has 1 saturated heterocycles. The number of carbonyl (C=O) groups is 3. The van der Waals surface area contributed by atoms with Crippen molar-refractivity contribution < 1.29 is 28.6 Å². The molecule has 1 fully saturated rings. The molecule has 1 heterocycles. The van der Waals surface area contributed by atoms with Gasteiger partial charge in [0.1, 0.15) is 6.04 Å². The van der Waals surface area contributed by atoms with E-state index in [0.717, 1.165) is 11.1 Å². The standard InChI is InChI=1S/C32H30ClNO6/c1-4-39-30(36)32(31(37)40-5-2)26(20-25(21-12-8-6-9-13-21)22-14-10-7-11-15-22)27(29(35)38-3)34-28(32)23-16-18-24(33)19-17-23/h6-19,27-28,34H,4-5H2,1-3H3/t27-,28-/m1/s1. The quantitative estimate of drug-likeness (QED) is 0.173. The van der Waals surface area contributed by atoms with Crippen LogP contribution < -0.4 is 5.32 Å². The zero-order valence-corrected chi connectivity index (χ0v) is 23.2. The van der Waals surface area contributed by atoms with E-state index in [1.54, 1.807) is 38.1 Å². The Balaban J connectivity index is 2.18. The minimum absolute atomic E-state index is 0.00254. The monoisotopic (exact) mass is 559 g/mol. The van der Waals surface area contributed by atoms with Gasteiger partial charge in [0, 0.05) is 16.2 Å². The molecule has 7 nitrogen and oxygen atoms in total. The van der Waals surface area contributed by atoms with E-state index in [2.05, 4.69) is 11.0 Å². The van der Waals surface area contributed by atoms with Crippen LogP contribution in [0.1, 0.15) is 36.6 Å². The number of esters is 3. The summed E-state index contributed by atoms with van der Waals surface area (Å²) in [5.74, 6) is -2.43. The number of carbonyl (C=O) groups excluding carboxylic acids is 3. The highest BCUT2D eigenvalue weighted by Gasteiger charge is 2.66. The molecule has 206 valence electrons. The first kappa shape index (κ1) is 28.8. The molecule has 2 atom stereocenters. The summed E-state index contributed by atoms with van der Waals surface area (Å²) in [6, 6.07) is 23.2. The molecule has 0 aliphatic carbocycles. The maximum atomic E-state index is 14.0. The van der Waals surface area contributed by atoms with Gasteiger partial charge in [-0.1, -0.05) is 84.4 Å². The van der Waals surface area contributed by atoms with Crippen LogP contribution >= 0.6 is 11.6 Å². The normalized spacial score (nSPS) is 17.4. The topological polar surface area (TPSA) is 90.9 Å². The van der Waals surface area contributed by atoms with E-state index in [1.807, 2.05) is 60.7 Å². The molecule has 0 radical (unpaired) electrons. The molecule has 1 N–H and O–H groups in total. The molecule has 0 unspecified atom stereocenters. The summed E-state index contributed by atoms with van der Waals surface area (Å²) in [7, 11) is 1.24. The molecule has 1 aliphatic rings. The third-order valence-electron chi connectivity index (χ3n) is 6.70. The third kappa shape index (κ3) is 5.45. The molecular formula is C32H30ClNO6. The molecule has 0 spiro atoms. The summed E-state index contributed by atoms with van der Waals surface area (Å²) in [4.78, 5) is 41.4. The highest BCUT2D eigenvalue weighted by molar-refractivity contribution is 6.30. The fraction of sp³-hybridized carbons (Fsp3) is 0.250. The SMILES string of the molecule is CCOC(=O)C1(C(=O)OCC)C(=C=C(c2ccccc2)c2ccccc2)[C@H](C(=O)OC)N[C@@H]1c1ccc(Cl)cc1. The van der Waals surface area contributed by atoms with Crippen LogP contribution in [0.15, 0.2) is 96.2 Å². The van der Waals surface area contributed by atoms with Crippen LogP contribution in [0.3, 0.4) is 0 Å². The Morgan fingerprint density at radius 1 is 0.825 bits per heavy atom. The summed E-state index contributed by atoms with van der Waals surface area (Å²) in [6.07, 6.45) is 0. The number of nitrogens with one attached hydrogen (secondary N) is 1. The van der Waals surface area contributed by atoms with Crippen LogP contribution in [-0.2, 0) is 28.6 Å². The van der Waals surface area contributed by atoms with Crippen molar-refractivity contribution in [2.45, 2.75) is 25.9 Å². The first-order chi connectivity index (χ1) is 19.4. The average molecular weight is 560 g/mol. The van der Waals surface area contributed by atoms with Crippen LogP contribution in [-0.4, -0.2) is 44.3 Å². The number of hydrogen-bond donors (Lipinski definition) is 1. The Morgan fingerprint density at radius 2 is 1.32 bits per heavy atom. The maximum absolute atomic E-state index is 14.0. The van der Waals surface area contributed by atoms with E-state index in [0.29, 0.717) is 16.2 Å². The van der Waals surface area contributed by atoms with Gasteiger partial charge in [0.2, 0.25) is 5.41 Å². The second-order valence-corrected chi connectivity index (χ2v) is 9.44. The van der Waals surface area contributed by atoms with Crippen molar-refractivity contribution in [1.82, 2.24) is 5.32 Å². The minimum atomic E-state index is -2.10. The molecule has 0 saturated carbocycles.